The van der Waals surface area contributed by atoms with Gasteiger partial charge in [-0.2, -0.15) is 0 Å². The van der Waals surface area contributed by atoms with Crippen LogP contribution in [0.4, 0.5) is 10.5 Å². The summed E-state index contributed by atoms with van der Waals surface area (Å²) in [6.45, 7) is 7.46. The highest BCUT2D eigenvalue weighted by molar-refractivity contribution is 5.99. The van der Waals surface area contributed by atoms with Crippen molar-refractivity contribution in [1.82, 2.24) is 15.1 Å². The van der Waals surface area contributed by atoms with Gasteiger partial charge in [-0.25, -0.2) is 4.79 Å². The number of anilines is 1. The molecule has 196 valence electrons. The molecule has 3 unspecified atom stereocenters. The van der Waals surface area contributed by atoms with Gasteiger partial charge in [0.1, 0.15) is 5.75 Å². The highest BCUT2D eigenvalue weighted by Gasteiger charge is 2.46. The number of benzene rings is 2. The third-order valence-corrected chi connectivity index (χ3v) is 8.13. The zero-order valence-electron chi connectivity index (χ0n) is 21.9. The summed E-state index contributed by atoms with van der Waals surface area (Å²) in [5.41, 5.74) is 4.60. The highest BCUT2D eigenvalue weighted by Crippen LogP contribution is 2.35. The van der Waals surface area contributed by atoms with E-state index in [2.05, 4.69) is 42.3 Å². The Bertz CT molecular complexity index is 1170. The zero-order valence-corrected chi connectivity index (χ0v) is 21.9. The lowest BCUT2D eigenvalue weighted by Crippen LogP contribution is -2.62. The van der Waals surface area contributed by atoms with Crippen LogP contribution in [0.15, 0.2) is 42.5 Å². The maximum atomic E-state index is 13.4. The van der Waals surface area contributed by atoms with Crippen LogP contribution in [0.2, 0.25) is 0 Å². The molecule has 8 heteroatoms. The summed E-state index contributed by atoms with van der Waals surface area (Å²) in [5.74, 6) is 0.308. The lowest BCUT2D eigenvalue weighted by atomic mass is 9.76. The molecule has 2 aliphatic heterocycles. The Morgan fingerprint density at radius 2 is 1.73 bits per heavy atom. The summed E-state index contributed by atoms with van der Waals surface area (Å²) < 4.78 is 5.19. The normalized spacial score (nSPS) is 24.0. The van der Waals surface area contributed by atoms with Crippen molar-refractivity contribution < 1.29 is 19.1 Å². The minimum Gasteiger partial charge on any atom is -0.497 e. The minimum absolute atomic E-state index is 0.141. The number of amides is 4. The minimum atomic E-state index is -0.377. The molecule has 3 fully saturated rings. The van der Waals surface area contributed by atoms with Crippen LogP contribution in [-0.2, 0) is 16.1 Å². The van der Waals surface area contributed by atoms with E-state index in [1.807, 2.05) is 29.2 Å². The van der Waals surface area contributed by atoms with Crippen LogP contribution in [0.1, 0.15) is 36.0 Å². The van der Waals surface area contributed by atoms with Gasteiger partial charge in [0.2, 0.25) is 11.8 Å². The molecule has 4 amide bonds. The van der Waals surface area contributed by atoms with Gasteiger partial charge in [0.15, 0.2) is 0 Å². The van der Waals surface area contributed by atoms with E-state index in [4.69, 9.17) is 4.74 Å². The zero-order chi connectivity index (χ0) is 26.1. The molecule has 1 aliphatic carbocycles. The van der Waals surface area contributed by atoms with Crippen molar-refractivity contribution in [2.45, 2.75) is 45.7 Å². The van der Waals surface area contributed by atoms with E-state index in [-0.39, 0.29) is 42.3 Å². The van der Waals surface area contributed by atoms with Crippen molar-refractivity contribution >= 4 is 23.5 Å². The number of ether oxygens (including phenoxy) is 1. The van der Waals surface area contributed by atoms with Crippen LogP contribution in [0.3, 0.4) is 0 Å². The van der Waals surface area contributed by atoms with Crippen molar-refractivity contribution in [3.8, 4) is 5.75 Å². The van der Waals surface area contributed by atoms with Crippen LogP contribution in [0.25, 0.3) is 0 Å². The summed E-state index contributed by atoms with van der Waals surface area (Å²) in [6, 6.07) is 13.2. The third-order valence-electron chi connectivity index (χ3n) is 8.13. The second kappa shape index (κ2) is 10.4. The number of nitrogens with one attached hydrogen (secondary N) is 1. The number of carbonyl (C=O) groups excluding carboxylic acids is 3. The summed E-state index contributed by atoms with van der Waals surface area (Å²) >= 11 is 0. The monoisotopic (exact) mass is 504 g/mol. The molecule has 0 aromatic heterocycles. The number of carbonyl (C=O) groups is 3. The van der Waals surface area contributed by atoms with Crippen molar-refractivity contribution in [3.05, 3.63) is 59.2 Å². The second-order valence-electron chi connectivity index (χ2n) is 10.5. The van der Waals surface area contributed by atoms with Crippen LogP contribution in [0.5, 0.6) is 5.75 Å². The van der Waals surface area contributed by atoms with Gasteiger partial charge in [0.05, 0.1) is 19.6 Å². The van der Waals surface area contributed by atoms with Gasteiger partial charge in [-0.3, -0.25) is 14.5 Å². The fraction of sp³-hybridized carbons (Fsp3) is 0.483. The first-order valence-corrected chi connectivity index (χ1v) is 13.2. The standard InChI is InChI=1S/C29H36N4O4/c1-19-4-5-20(2)26(16-19)31-12-14-32(15-13-31)27(34)22-8-11-24-25(17-22)30-29(36)33(28(24)35)18-21-6-9-23(37-3)10-7-21/h4-7,9-10,16,22,24-25H,8,11-15,17-18H2,1-3H3,(H,30,36). The smallest absolute Gasteiger partial charge is 0.324 e. The molecule has 3 aliphatic rings. The van der Waals surface area contributed by atoms with Crippen molar-refractivity contribution in [3.63, 3.8) is 0 Å². The number of fused-ring (bicyclic) bond motifs is 1. The Kier molecular flexibility index (Phi) is 7.09. The SMILES string of the molecule is COc1ccc(CN2C(=O)NC3CC(C(=O)N4CCN(c5cc(C)ccc5C)CC4)CCC3C2=O)cc1. The molecule has 1 N–H and O–H groups in total. The lowest BCUT2D eigenvalue weighted by Gasteiger charge is -2.44. The summed E-state index contributed by atoms with van der Waals surface area (Å²) in [4.78, 5) is 45.1. The molecule has 2 aromatic carbocycles. The molecule has 0 bridgehead atoms. The molecule has 2 saturated heterocycles. The number of aryl methyl sites for hydroxylation is 2. The van der Waals surface area contributed by atoms with E-state index < -0.39 is 0 Å². The molecule has 3 atom stereocenters. The van der Waals surface area contributed by atoms with Crippen LogP contribution < -0.4 is 15.0 Å². The summed E-state index contributed by atoms with van der Waals surface area (Å²) in [7, 11) is 1.60. The second-order valence-corrected chi connectivity index (χ2v) is 10.5. The van der Waals surface area contributed by atoms with Gasteiger partial charge in [0.25, 0.3) is 0 Å². The highest BCUT2D eigenvalue weighted by atomic mass is 16.5. The molecule has 8 nitrogen and oxygen atoms in total. The van der Waals surface area contributed by atoms with E-state index in [1.54, 1.807) is 7.11 Å². The largest absolute Gasteiger partial charge is 0.497 e. The summed E-state index contributed by atoms with van der Waals surface area (Å²) in [6.07, 6.45) is 1.81. The van der Waals surface area contributed by atoms with E-state index in [9.17, 15) is 14.4 Å². The Hall–Kier alpha value is -3.55. The molecule has 2 heterocycles. The molecule has 0 radical (unpaired) electrons. The molecule has 0 spiro atoms. The van der Waals surface area contributed by atoms with Crippen molar-refractivity contribution in [1.29, 1.82) is 0 Å². The molecule has 2 aromatic rings. The Morgan fingerprint density at radius 1 is 1.00 bits per heavy atom. The lowest BCUT2D eigenvalue weighted by molar-refractivity contribution is -0.143. The first-order valence-electron chi connectivity index (χ1n) is 13.2. The third kappa shape index (κ3) is 5.15. The first kappa shape index (κ1) is 25.1. The van der Waals surface area contributed by atoms with E-state index in [0.29, 0.717) is 32.4 Å². The molecule has 5 rings (SSSR count). The van der Waals surface area contributed by atoms with E-state index in [0.717, 1.165) is 24.4 Å². The number of hydrogen-bond donors (Lipinski definition) is 1. The maximum Gasteiger partial charge on any atom is 0.324 e. The number of hydrogen-bond acceptors (Lipinski definition) is 5. The number of imide groups is 1. The average Bonchev–Trinajstić information content (AvgIpc) is 2.92. The predicted octanol–water partition coefficient (Wildman–Crippen LogP) is 3.50. The predicted molar refractivity (Wildman–Crippen MR) is 141 cm³/mol. The number of nitrogens with zero attached hydrogens (tertiary/aromatic N) is 3. The quantitative estimate of drug-likeness (QED) is 0.674. The molecule has 1 saturated carbocycles. The number of rotatable bonds is 5. The van der Waals surface area contributed by atoms with E-state index in [1.165, 1.54) is 21.7 Å². The topological polar surface area (TPSA) is 82.2 Å². The van der Waals surface area contributed by atoms with Crippen molar-refractivity contribution in [2.75, 3.05) is 38.2 Å². The Balaban J connectivity index is 1.17. The van der Waals surface area contributed by atoms with Gasteiger partial charge in [0, 0.05) is 43.8 Å². The van der Waals surface area contributed by atoms with E-state index >= 15 is 0 Å². The van der Waals surface area contributed by atoms with Gasteiger partial charge in [-0.15, -0.1) is 0 Å². The molecule has 37 heavy (non-hydrogen) atoms. The fourth-order valence-corrected chi connectivity index (χ4v) is 5.94. The Morgan fingerprint density at radius 3 is 2.43 bits per heavy atom. The fourth-order valence-electron chi connectivity index (χ4n) is 5.94. The number of piperazine rings is 1. The summed E-state index contributed by atoms with van der Waals surface area (Å²) in [5, 5.41) is 3.03. The maximum absolute atomic E-state index is 13.4. The Labute approximate surface area is 218 Å². The van der Waals surface area contributed by atoms with Crippen LogP contribution >= 0.6 is 0 Å². The van der Waals surface area contributed by atoms with Gasteiger partial charge in [-0.1, -0.05) is 24.3 Å². The van der Waals surface area contributed by atoms with Crippen LogP contribution in [0, 0.1) is 25.7 Å². The van der Waals surface area contributed by atoms with Gasteiger partial charge < -0.3 is 19.9 Å². The first-order chi connectivity index (χ1) is 17.8. The molecular formula is C29H36N4O4. The number of urea groups is 1. The molecular weight excluding hydrogens is 468 g/mol. The average molecular weight is 505 g/mol. The van der Waals surface area contributed by atoms with Gasteiger partial charge >= 0.3 is 6.03 Å². The van der Waals surface area contributed by atoms with Crippen LogP contribution in [-0.4, -0.2) is 67.0 Å². The van der Waals surface area contributed by atoms with Gasteiger partial charge in [-0.05, 0) is 68.0 Å². The van der Waals surface area contributed by atoms with Crippen molar-refractivity contribution in [2.24, 2.45) is 11.8 Å². The number of methoxy groups -OCH3 is 1.